The molecule has 1 aromatic carbocycles. The largest absolute Gasteiger partial charge is 0.491 e. The standard InChI is InChI=1S/C22H34N2O4/c1-7-16(3)23-11-10-20(26)24(21(23)27)13-18(25)14-28-19-9-8-17(12-15(19)2)22(4,5)6/h8-9,12,16,18,25H,7,10-11,13-14H2,1-6H3/t16-,18-/m1/s1. The molecule has 0 bridgehead atoms. The average Bonchev–Trinajstić information content (AvgIpc) is 2.62. The van der Waals surface area contributed by atoms with E-state index >= 15 is 0 Å². The number of carbonyl (C=O) groups excluding carboxylic acids is 2. The number of rotatable bonds is 7. The van der Waals surface area contributed by atoms with E-state index in [0.717, 1.165) is 16.9 Å². The maximum absolute atomic E-state index is 12.6. The molecule has 1 saturated heterocycles. The van der Waals surface area contributed by atoms with E-state index in [1.54, 1.807) is 4.90 Å². The number of aryl methyl sites for hydroxylation is 1. The number of ether oxygens (including phenoxy) is 1. The molecule has 28 heavy (non-hydrogen) atoms. The Morgan fingerprint density at radius 3 is 2.50 bits per heavy atom. The number of carbonyl (C=O) groups is 2. The van der Waals surface area contributed by atoms with Gasteiger partial charge in [0.1, 0.15) is 18.5 Å². The Hall–Kier alpha value is -2.08. The third-order valence-corrected chi connectivity index (χ3v) is 5.33. The van der Waals surface area contributed by atoms with Gasteiger partial charge < -0.3 is 14.7 Å². The average molecular weight is 391 g/mol. The number of benzene rings is 1. The van der Waals surface area contributed by atoms with Crippen molar-refractivity contribution in [2.75, 3.05) is 19.7 Å². The maximum atomic E-state index is 12.6. The molecule has 156 valence electrons. The molecule has 0 aromatic heterocycles. The van der Waals surface area contributed by atoms with Gasteiger partial charge in [-0.1, -0.05) is 39.8 Å². The summed E-state index contributed by atoms with van der Waals surface area (Å²) >= 11 is 0. The van der Waals surface area contributed by atoms with Crippen LogP contribution in [0.25, 0.3) is 0 Å². The number of urea groups is 1. The number of imide groups is 1. The molecule has 0 aliphatic carbocycles. The van der Waals surface area contributed by atoms with Crippen molar-refractivity contribution in [3.8, 4) is 5.75 Å². The van der Waals surface area contributed by atoms with Gasteiger partial charge in [-0.3, -0.25) is 9.69 Å². The summed E-state index contributed by atoms with van der Waals surface area (Å²) < 4.78 is 5.76. The van der Waals surface area contributed by atoms with Gasteiger partial charge in [0, 0.05) is 19.0 Å². The Labute approximate surface area is 168 Å². The minimum Gasteiger partial charge on any atom is -0.491 e. The van der Waals surface area contributed by atoms with Crippen molar-refractivity contribution in [2.45, 2.75) is 71.9 Å². The van der Waals surface area contributed by atoms with Crippen LogP contribution in [0.15, 0.2) is 18.2 Å². The van der Waals surface area contributed by atoms with Crippen molar-refractivity contribution in [1.29, 1.82) is 0 Å². The molecule has 1 aromatic rings. The molecule has 1 N–H and O–H groups in total. The van der Waals surface area contributed by atoms with Gasteiger partial charge >= 0.3 is 6.03 Å². The molecule has 3 amide bonds. The molecule has 1 aliphatic rings. The number of β-amino-alcohol motifs (C(OH)–C–C–N with tert-alkyl or cyclic N) is 1. The fraction of sp³-hybridized carbons (Fsp3) is 0.636. The second kappa shape index (κ2) is 8.95. The summed E-state index contributed by atoms with van der Waals surface area (Å²) in [5.41, 5.74) is 2.26. The summed E-state index contributed by atoms with van der Waals surface area (Å²) in [5.74, 6) is 0.457. The van der Waals surface area contributed by atoms with E-state index in [9.17, 15) is 14.7 Å². The Bertz CT molecular complexity index is 711. The van der Waals surface area contributed by atoms with E-state index in [4.69, 9.17) is 4.74 Å². The zero-order chi connectivity index (χ0) is 21.1. The molecule has 0 radical (unpaired) electrons. The first-order chi connectivity index (χ1) is 13.0. The number of hydrogen-bond acceptors (Lipinski definition) is 4. The number of hydrogen-bond donors (Lipinski definition) is 1. The molecule has 2 rings (SSSR count). The van der Waals surface area contributed by atoms with E-state index in [2.05, 4.69) is 26.8 Å². The van der Waals surface area contributed by atoms with Gasteiger partial charge in [-0.15, -0.1) is 0 Å². The highest BCUT2D eigenvalue weighted by atomic mass is 16.5. The van der Waals surface area contributed by atoms with Crippen LogP contribution in [0, 0.1) is 6.92 Å². The minimum atomic E-state index is -0.938. The fourth-order valence-electron chi connectivity index (χ4n) is 3.24. The van der Waals surface area contributed by atoms with Crippen LogP contribution in [0.5, 0.6) is 5.75 Å². The van der Waals surface area contributed by atoms with E-state index in [1.165, 1.54) is 5.56 Å². The van der Waals surface area contributed by atoms with Crippen LogP contribution in [-0.4, -0.2) is 58.7 Å². The van der Waals surface area contributed by atoms with Crippen LogP contribution in [0.4, 0.5) is 4.79 Å². The zero-order valence-corrected chi connectivity index (χ0v) is 18.0. The van der Waals surface area contributed by atoms with Crippen LogP contribution in [-0.2, 0) is 10.2 Å². The van der Waals surface area contributed by atoms with Crippen LogP contribution in [0.3, 0.4) is 0 Å². The minimum absolute atomic E-state index is 0.0239. The van der Waals surface area contributed by atoms with Gasteiger partial charge in [-0.05, 0) is 42.9 Å². The van der Waals surface area contributed by atoms with E-state index in [-0.39, 0.29) is 43.0 Å². The molecule has 1 aliphatic heterocycles. The molecule has 6 nitrogen and oxygen atoms in total. The van der Waals surface area contributed by atoms with Crippen molar-refractivity contribution in [3.63, 3.8) is 0 Å². The monoisotopic (exact) mass is 390 g/mol. The summed E-state index contributed by atoms with van der Waals surface area (Å²) in [6, 6.07) is 5.76. The van der Waals surface area contributed by atoms with Crippen molar-refractivity contribution in [1.82, 2.24) is 9.80 Å². The van der Waals surface area contributed by atoms with Crippen LogP contribution in [0.1, 0.15) is 58.6 Å². The van der Waals surface area contributed by atoms with E-state index < -0.39 is 6.10 Å². The van der Waals surface area contributed by atoms with E-state index in [1.807, 2.05) is 32.9 Å². The molecule has 1 heterocycles. The third-order valence-electron chi connectivity index (χ3n) is 5.33. The lowest BCUT2D eigenvalue weighted by molar-refractivity contribution is -0.132. The highest BCUT2D eigenvalue weighted by Gasteiger charge is 2.35. The quantitative estimate of drug-likeness (QED) is 0.774. The summed E-state index contributed by atoms with van der Waals surface area (Å²) in [6.07, 6.45) is 0.173. The lowest BCUT2D eigenvalue weighted by Crippen LogP contribution is -2.56. The first kappa shape index (κ1) is 22.2. The molecule has 0 unspecified atom stereocenters. The second-order valence-electron chi connectivity index (χ2n) is 8.68. The Balaban J connectivity index is 1.97. The van der Waals surface area contributed by atoms with Gasteiger partial charge in [0.05, 0.1) is 6.54 Å². The van der Waals surface area contributed by atoms with Gasteiger partial charge in [0.2, 0.25) is 5.91 Å². The highest BCUT2D eigenvalue weighted by molar-refractivity contribution is 5.97. The first-order valence-corrected chi connectivity index (χ1v) is 10.1. The van der Waals surface area contributed by atoms with Crippen molar-refractivity contribution >= 4 is 11.9 Å². The second-order valence-corrected chi connectivity index (χ2v) is 8.68. The molecule has 6 heteroatoms. The number of aliphatic hydroxyl groups is 1. The lowest BCUT2D eigenvalue weighted by Gasteiger charge is -2.38. The summed E-state index contributed by atoms with van der Waals surface area (Å²) in [4.78, 5) is 27.6. The molecule has 1 fully saturated rings. The smallest absolute Gasteiger partial charge is 0.327 e. The van der Waals surface area contributed by atoms with Gasteiger partial charge in [-0.25, -0.2) is 4.79 Å². The van der Waals surface area contributed by atoms with Gasteiger partial charge in [0.25, 0.3) is 0 Å². The molecule has 2 atom stereocenters. The summed E-state index contributed by atoms with van der Waals surface area (Å²) in [5, 5.41) is 10.4. The SMILES string of the molecule is CC[C@@H](C)N1CCC(=O)N(C[C@@H](O)COc2ccc(C(C)(C)C)cc2C)C1=O. The molecular formula is C22H34N2O4. The van der Waals surface area contributed by atoms with E-state index in [0.29, 0.717) is 12.3 Å². The number of nitrogens with zero attached hydrogens (tertiary/aromatic N) is 2. The number of aliphatic hydroxyl groups excluding tert-OH is 1. The van der Waals surface area contributed by atoms with Crippen LogP contribution >= 0.6 is 0 Å². The summed E-state index contributed by atoms with van der Waals surface area (Å²) in [6.45, 7) is 12.8. The highest BCUT2D eigenvalue weighted by Crippen LogP contribution is 2.27. The third kappa shape index (κ3) is 5.25. The maximum Gasteiger partial charge on any atom is 0.327 e. The Morgan fingerprint density at radius 2 is 1.93 bits per heavy atom. The normalized spacial score (nSPS) is 17.7. The van der Waals surface area contributed by atoms with Crippen LogP contribution < -0.4 is 4.74 Å². The predicted octanol–water partition coefficient (Wildman–Crippen LogP) is 3.49. The predicted molar refractivity (Wildman–Crippen MR) is 110 cm³/mol. The molecular weight excluding hydrogens is 356 g/mol. The van der Waals surface area contributed by atoms with Crippen molar-refractivity contribution in [2.24, 2.45) is 0 Å². The molecule has 0 spiro atoms. The Kier molecular flexibility index (Phi) is 7.10. The zero-order valence-electron chi connectivity index (χ0n) is 18.0. The topological polar surface area (TPSA) is 70.1 Å². The van der Waals surface area contributed by atoms with Crippen molar-refractivity contribution < 1.29 is 19.4 Å². The first-order valence-electron chi connectivity index (χ1n) is 10.1. The fourth-order valence-corrected chi connectivity index (χ4v) is 3.24. The van der Waals surface area contributed by atoms with Crippen molar-refractivity contribution in [3.05, 3.63) is 29.3 Å². The lowest BCUT2D eigenvalue weighted by atomic mass is 9.86. The Morgan fingerprint density at radius 1 is 1.25 bits per heavy atom. The molecule has 0 saturated carbocycles. The van der Waals surface area contributed by atoms with Crippen LogP contribution in [0.2, 0.25) is 0 Å². The number of amides is 3. The van der Waals surface area contributed by atoms with Gasteiger partial charge in [0.15, 0.2) is 0 Å². The van der Waals surface area contributed by atoms with Gasteiger partial charge in [-0.2, -0.15) is 0 Å². The summed E-state index contributed by atoms with van der Waals surface area (Å²) in [7, 11) is 0.